The van der Waals surface area contributed by atoms with E-state index in [1.165, 1.54) is 0 Å². The molecule has 0 bridgehead atoms. The lowest BCUT2D eigenvalue weighted by Crippen LogP contribution is -2.38. The van der Waals surface area contributed by atoms with Gasteiger partial charge < -0.3 is 24.8 Å². The van der Waals surface area contributed by atoms with Crippen molar-refractivity contribution in [3.05, 3.63) is 18.2 Å². The van der Waals surface area contributed by atoms with Gasteiger partial charge in [-0.05, 0) is 19.1 Å². The molecule has 1 aromatic carbocycles. The van der Waals surface area contributed by atoms with Crippen molar-refractivity contribution in [3.63, 3.8) is 0 Å². The third-order valence-corrected chi connectivity index (χ3v) is 2.45. The van der Waals surface area contributed by atoms with Crippen molar-refractivity contribution < 1.29 is 19.0 Å². The highest BCUT2D eigenvalue weighted by Gasteiger charge is 2.11. The molecule has 0 aliphatic heterocycles. The topological polar surface area (TPSA) is 68.8 Å². The highest BCUT2D eigenvalue weighted by atomic mass is 16.5. The van der Waals surface area contributed by atoms with Crippen LogP contribution in [0.25, 0.3) is 0 Å². The zero-order valence-electron chi connectivity index (χ0n) is 11.6. The Kier molecular flexibility index (Phi) is 5.95. The maximum absolute atomic E-state index is 11.8. The molecule has 0 aliphatic rings. The predicted octanol–water partition coefficient (Wildman–Crippen LogP) is 1.86. The maximum atomic E-state index is 11.8. The molecule has 0 heterocycles. The molecular formula is C13H20N2O4. The standard InChI is InChI=1S/C13H20N2O4/c1-9(8-17-2)14-13(16)15-11-7-10(18-3)5-6-12(11)19-4/h5-7,9H,8H2,1-4H3,(H2,14,15,16)/t9-/m1/s1. The summed E-state index contributed by atoms with van der Waals surface area (Å²) in [4.78, 5) is 11.8. The summed E-state index contributed by atoms with van der Waals surface area (Å²) in [5, 5.41) is 5.46. The number of urea groups is 1. The van der Waals surface area contributed by atoms with Crippen LogP contribution < -0.4 is 20.1 Å². The summed E-state index contributed by atoms with van der Waals surface area (Å²) < 4.78 is 15.2. The lowest BCUT2D eigenvalue weighted by atomic mass is 10.2. The van der Waals surface area contributed by atoms with Gasteiger partial charge in [0.05, 0.1) is 32.6 Å². The fourth-order valence-electron chi connectivity index (χ4n) is 1.59. The first-order valence-electron chi connectivity index (χ1n) is 5.89. The minimum absolute atomic E-state index is 0.0818. The van der Waals surface area contributed by atoms with E-state index in [0.717, 1.165) is 0 Å². The Morgan fingerprint density at radius 3 is 2.58 bits per heavy atom. The van der Waals surface area contributed by atoms with Gasteiger partial charge in [-0.2, -0.15) is 0 Å². The smallest absolute Gasteiger partial charge is 0.319 e. The molecular weight excluding hydrogens is 248 g/mol. The molecule has 0 unspecified atom stereocenters. The number of anilines is 1. The Morgan fingerprint density at radius 1 is 1.26 bits per heavy atom. The van der Waals surface area contributed by atoms with Crippen LogP contribution in [0.1, 0.15) is 6.92 Å². The Bertz CT molecular complexity index is 423. The number of carbonyl (C=O) groups excluding carboxylic acids is 1. The second-order valence-corrected chi connectivity index (χ2v) is 4.02. The van der Waals surface area contributed by atoms with Gasteiger partial charge in [0.15, 0.2) is 0 Å². The summed E-state index contributed by atoms with van der Waals surface area (Å²) in [6, 6.07) is 4.78. The van der Waals surface area contributed by atoms with Crippen molar-refractivity contribution in [1.29, 1.82) is 0 Å². The van der Waals surface area contributed by atoms with Gasteiger partial charge in [-0.1, -0.05) is 0 Å². The number of rotatable bonds is 6. The van der Waals surface area contributed by atoms with Crippen LogP contribution in [0.3, 0.4) is 0 Å². The largest absolute Gasteiger partial charge is 0.497 e. The molecule has 6 heteroatoms. The Hall–Kier alpha value is -1.95. The van der Waals surface area contributed by atoms with Gasteiger partial charge in [0, 0.05) is 13.2 Å². The first-order chi connectivity index (χ1) is 9.10. The van der Waals surface area contributed by atoms with Crippen LogP contribution in [0.5, 0.6) is 11.5 Å². The number of benzene rings is 1. The molecule has 0 radical (unpaired) electrons. The molecule has 1 rings (SSSR count). The van der Waals surface area contributed by atoms with E-state index in [2.05, 4.69) is 10.6 Å². The van der Waals surface area contributed by atoms with E-state index in [9.17, 15) is 4.79 Å². The third kappa shape index (κ3) is 4.67. The lowest BCUT2D eigenvalue weighted by Gasteiger charge is -2.15. The molecule has 0 aromatic heterocycles. The number of carbonyl (C=O) groups is 1. The molecule has 6 nitrogen and oxygen atoms in total. The third-order valence-electron chi connectivity index (χ3n) is 2.45. The van der Waals surface area contributed by atoms with Crippen molar-refractivity contribution >= 4 is 11.7 Å². The average Bonchev–Trinajstić information content (AvgIpc) is 2.38. The summed E-state index contributed by atoms with van der Waals surface area (Å²) in [6.45, 7) is 2.30. The Labute approximate surface area is 113 Å². The lowest BCUT2D eigenvalue weighted by molar-refractivity contribution is 0.173. The van der Waals surface area contributed by atoms with E-state index in [1.54, 1.807) is 39.5 Å². The second kappa shape index (κ2) is 7.48. The van der Waals surface area contributed by atoms with Crippen LogP contribution in [0.4, 0.5) is 10.5 Å². The second-order valence-electron chi connectivity index (χ2n) is 4.02. The summed E-state index contributed by atoms with van der Waals surface area (Å²) >= 11 is 0. The molecule has 0 aliphatic carbocycles. The fourth-order valence-corrected chi connectivity index (χ4v) is 1.59. The van der Waals surface area contributed by atoms with Gasteiger partial charge in [-0.3, -0.25) is 0 Å². The molecule has 1 atom stereocenters. The van der Waals surface area contributed by atoms with E-state index >= 15 is 0 Å². The monoisotopic (exact) mass is 268 g/mol. The molecule has 0 saturated carbocycles. The molecule has 2 amide bonds. The molecule has 19 heavy (non-hydrogen) atoms. The first-order valence-corrected chi connectivity index (χ1v) is 5.89. The van der Waals surface area contributed by atoms with E-state index in [1.807, 2.05) is 6.92 Å². The van der Waals surface area contributed by atoms with Crippen LogP contribution in [0.2, 0.25) is 0 Å². The Morgan fingerprint density at radius 2 is 2.00 bits per heavy atom. The van der Waals surface area contributed by atoms with Crippen LogP contribution >= 0.6 is 0 Å². The average molecular weight is 268 g/mol. The van der Waals surface area contributed by atoms with Crippen LogP contribution in [-0.2, 0) is 4.74 Å². The van der Waals surface area contributed by atoms with Gasteiger partial charge in [-0.15, -0.1) is 0 Å². The molecule has 0 fully saturated rings. The van der Waals surface area contributed by atoms with Gasteiger partial charge in [0.25, 0.3) is 0 Å². The number of nitrogens with one attached hydrogen (secondary N) is 2. The van der Waals surface area contributed by atoms with Crippen LogP contribution in [0, 0.1) is 0 Å². The van der Waals surface area contributed by atoms with E-state index in [0.29, 0.717) is 23.8 Å². The zero-order chi connectivity index (χ0) is 14.3. The molecule has 2 N–H and O–H groups in total. The van der Waals surface area contributed by atoms with E-state index in [-0.39, 0.29) is 12.1 Å². The molecule has 106 valence electrons. The van der Waals surface area contributed by atoms with Crippen molar-refractivity contribution in [2.45, 2.75) is 13.0 Å². The first kappa shape index (κ1) is 15.1. The number of hydrogen-bond donors (Lipinski definition) is 2. The molecule has 0 saturated heterocycles. The highest BCUT2D eigenvalue weighted by Crippen LogP contribution is 2.28. The van der Waals surface area contributed by atoms with E-state index < -0.39 is 0 Å². The number of ether oxygens (including phenoxy) is 3. The van der Waals surface area contributed by atoms with Gasteiger partial charge in [-0.25, -0.2) is 4.79 Å². The maximum Gasteiger partial charge on any atom is 0.319 e. The quantitative estimate of drug-likeness (QED) is 0.826. The minimum Gasteiger partial charge on any atom is -0.497 e. The van der Waals surface area contributed by atoms with Crippen molar-refractivity contribution in [3.8, 4) is 11.5 Å². The summed E-state index contributed by atoms with van der Waals surface area (Å²) in [7, 11) is 4.69. The van der Waals surface area contributed by atoms with Crippen LogP contribution in [0.15, 0.2) is 18.2 Å². The molecule has 0 spiro atoms. The van der Waals surface area contributed by atoms with Gasteiger partial charge in [0.1, 0.15) is 11.5 Å². The van der Waals surface area contributed by atoms with Gasteiger partial charge >= 0.3 is 6.03 Å². The minimum atomic E-state index is -0.323. The summed E-state index contributed by atoms with van der Waals surface area (Å²) in [5.41, 5.74) is 0.545. The van der Waals surface area contributed by atoms with Crippen molar-refractivity contribution in [1.82, 2.24) is 5.32 Å². The Balaban J connectivity index is 2.71. The van der Waals surface area contributed by atoms with Crippen molar-refractivity contribution in [2.75, 3.05) is 33.3 Å². The number of hydrogen-bond acceptors (Lipinski definition) is 4. The fraction of sp³-hybridized carbons (Fsp3) is 0.462. The highest BCUT2D eigenvalue weighted by molar-refractivity contribution is 5.91. The number of amides is 2. The molecule has 1 aromatic rings. The number of methoxy groups -OCH3 is 3. The predicted molar refractivity (Wildman–Crippen MR) is 73.0 cm³/mol. The van der Waals surface area contributed by atoms with Gasteiger partial charge in [0.2, 0.25) is 0 Å². The summed E-state index contributed by atoms with van der Waals surface area (Å²) in [5.74, 6) is 1.20. The van der Waals surface area contributed by atoms with Crippen molar-refractivity contribution in [2.24, 2.45) is 0 Å². The zero-order valence-corrected chi connectivity index (χ0v) is 11.6. The SMILES string of the molecule is COC[C@@H](C)NC(=O)Nc1cc(OC)ccc1OC. The summed E-state index contributed by atoms with van der Waals surface area (Å²) in [6.07, 6.45) is 0. The van der Waals surface area contributed by atoms with Crippen LogP contribution in [-0.4, -0.2) is 40.0 Å². The van der Waals surface area contributed by atoms with E-state index in [4.69, 9.17) is 14.2 Å². The normalized spacial score (nSPS) is 11.6.